The van der Waals surface area contributed by atoms with Crippen molar-refractivity contribution in [3.8, 4) is 0 Å². The van der Waals surface area contributed by atoms with Gasteiger partial charge in [0, 0.05) is 0 Å². The normalized spacial score (nSPS) is 34.4. The summed E-state index contributed by atoms with van der Waals surface area (Å²) in [6.45, 7) is 0. The molecule has 0 bridgehead atoms. The number of aliphatic imine (C=N–C) groups is 4. The Labute approximate surface area is 145 Å². The van der Waals surface area contributed by atoms with Gasteiger partial charge < -0.3 is 0 Å². The van der Waals surface area contributed by atoms with Crippen LogP contribution in [-0.4, -0.2) is 35.6 Å². The minimum Gasteiger partial charge on any atom is -0.211 e. The fraction of sp³-hybridized carbons (Fsp3) is 0.765. The quantitative estimate of drug-likeness (QED) is 0.543. The zero-order valence-corrected chi connectivity index (χ0v) is 13.9. The molecule has 0 aliphatic heterocycles. The number of nitrogens with zero attached hydrogens (tertiary/aromatic N) is 4. The van der Waals surface area contributed by atoms with Crippen molar-refractivity contribution < 1.29 is 19.2 Å². The predicted octanol–water partition coefficient (Wildman–Crippen LogP) is 2.49. The van der Waals surface area contributed by atoms with Gasteiger partial charge >= 0.3 is 0 Å². The van der Waals surface area contributed by atoms with E-state index in [1.165, 1.54) is 24.3 Å². The van der Waals surface area contributed by atoms with Crippen molar-refractivity contribution in [1.82, 2.24) is 0 Å². The first-order chi connectivity index (χ1) is 12.1. The van der Waals surface area contributed by atoms with Crippen LogP contribution in [0, 0.1) is 11.8 Å². The average Bonchev–Trinajstić information content (AvgIpc) is 2.60. The molecular weight excluding hydrogens is 324 g/mol. The maximum atomic E-state index is 10.6. The van der Waals surface area contributed by atoms with Crippen LogP contribution in [-0.2, 0) is 19.2 Å². The van der Waals surface area contributed by atoms with E-state index in [1.807, 2.05) is 0 Å². The molecule has 2 fully saturated rings. The summed E-state index contributed by atoms with van der Waals surface area (Å²) >= 11 is 0. The highest BCUT2D eigenvalue weighted by Crippen LogP contribution is 2.43. The van der Waals surface area contributed by atoms with E-state index in [0.29, 0.717) is 37.5 Å². The average molecular weight is 344 g/mol. The number of isocyanates is 4. The standard InChI is InChI=1S/C17H20N4O4/c22-10-18-16(19-11-23)5-1-14(2-6-16)9-15-3-7-17(8-4-15,20-12-24)21-13-25/h14-15H,1-9H2. The van der Waals surface area contributed by atoms with Crippen LogP contribution in [0.25, 0.3) is 0 Å². The molecule has 2 aliphatic rings. The van der Waals surface area contributed by atoms with Gasteiger partial charge in [-0.25, -0.2) is 19.2 Å². The topological polar surface area (TPSA) is 118 Å². The lowest BCUT2D eigenvalue weighted by atomic mass is 9.73. The van der Waals surface area contributed by atoms with Gasteiger partial charge in [-0.3, -0.25) is 0 Å². The highest BCUT2D eigenvalue weighted by molar-refractivity contribution is 5.39. The smallest absolute Gasteiger partial charge is 0.211 e. The van der Waals surface area contributed by atoms with Crippen molar-refractivity contribution in [2.24, 2.45) is 31.8 Å². The Kier molecular flexibility index (Phi) is 6.46. The van der Waals surface area contributed by atoms with E-state index in [1.54, 1.807) is 0 Å². The van der Waals surface area contributed by atoms with Gasteiger partial charge in [0.2, 0.25) is 24.3 Å². The van der Waals surface area contributed by atoms with E-state index in [2.05, 4.69) is 20.0 Å². The molecule has 0 N–H and O–H groups in total. The summed E-state index contributed by atoms with van der Waals surface area (Å²) in [5.74, 6) is 0.942. The van der Waals surface area contributed by atoms with Crippen molar-refractivity contribution in [3.63, 3.8) is 0 Å². The lowest BCUT2D eigenvalue weighted by Crippen LogP contribution is -2.33. The van der Waals surface area contributed by atoms with Gasteiger partial charge in [0.25, 0.3) is 0 Å². The second-order valence-corrected chi connectivity index (χ2v) is 6.90. The van der Waals surface area contributed by atoms with E-state index in [-0.39, 0.29) is 0 Å². The molecule has 0 spiro atoms. The summed E-state index contributed by atoms with van der Waals surface area (Å²) in [6.07, 6.45) is 12.6. The Bertz CT molecular complexity index is 567. The number of carbonyl (C=O) groups excluding carboxylic acids is 4. The largest absolute Gasteiger partial charge is 0.237 e. The van der Waals surface area contributed by atoms with Crippen LogP contribution in [0.1, 0.15) is 57.8 Å². The molecule has 25 heavy (non-hydrogen) atoms. The maximum Gasteiger partial charge on any atom is 0.237 e. The summed E-state index contributed by atoms with van der Waals surface area (Å²) in [5.41, 5.74) is -1.95. The van der Waals surface area contributed by atoms with Gasteiger partial charge in [-0.2, -0.15) is 20.0 Å². The molecule has 0 amide bonds. The van der Waals surface area contributed by atoms with Crippen LogP contribution >= 0.6 is 0 Å². The second-order valence-electron chi connectivity index (χ2n) is 6.90. The third-order valence-electron chi connectivity index (χ3n) is 5.49. The highest BCUT2D eigenvalue weighted by Gasteiger charge is 2.39. The van der Waals surface area contributed by atoms with Crippen molar-refractivity contribution in [2.75, 3.05) is 0 Å². The van der Waals surface area contributed by atoms with Gasteiger partial charge in [0.1, 0.15) is 0 Å². The summed E-state index contributed by atoms with van der Waals surface area (Å²) in [5, 5.41) is 0. The Morgan fingerprint density at radius 3 is 1.12 bits per heavy atom. The molecule has 0 aromatic carbocycles. The zero-order chi connectivity index (χ0) is 18.2. The molecular formula is C17H20N4O4. The first-order valence-electron chi connectivity index (χ1n) is 8.47. The second kappa shape index (κ2) is 8.57. The van der Waals surface area contributed by atoms with Crippen molar-refractivity contribution in [2.45, 2.75) is 69.1 Å². The molecule has 0 aromatic heterocycles. The summed E-state index contributed by atoms with van der Waals surface area (Å²) in [7, 11) is 0. The third-order valence-corrected chi connectivity index (χ3v) is 5.49. The number of hydrogen-bond donors (Lipinski definition) is 0. The van der Waals surface area contributed by atoms with Crippen LogP contribution in [0.2, 0.25) is 0 Å². The van der Waals surface area contributed by atoms with E-state index < -0.39 is 11.3 Å². The summed E-state index contributed by atoms with van der Waals surface area (Å²) in [6, 6.07) is 0. The SMILES string of the molecule is O=C=NC1(N=C=O)CCC(CC2CCC(N=C=O)(N=C=O)CC2)CC1. The van der Waals surface area contributed by atoms with Gasteiger partial charge in [0.05, 0.1) is 0 Å². The van der Waals surface area contributed by atoms with Gasteiger partial charge in [-0.15, -0.1) is 0 Å². The zero-order valence-electron chi connectivity index (χ0n) is 13.9. The molecule has 8 nitrogen and oxygen atoms in total. The molecule has 0 saturated heterocycles. The fourth-order valence-electron chi connectivity index (χ4n) is 4.06. The molecule has 0 heterocycles. The van der Waals surface area contributed by atoms with Crippen molar-refractivity contribution in [1.29, 1.82) is 0 Å². The Morgan fingerprint density at radius 2 is 0.880 bits per heavy atom. The lowest BCUT2D eigenvalue weighted by Gasteiger charge is -2.36. The third kappa shape index (κ3) is 4.76. The summed E-state index contributed by atoms with van der Waals surface area (Å²) in [4.78, 5) is 57.1. The van der Waals surface area contributed by atoms with Gasteiger partial charge in [0.15, 0.2) is 11.3 Å². The van der Waals surface area contributed by atoms with Gasteiger partial charge in [-0.1, -0.05) is 0 Å². The van der Waals surface area contributed by atoms with Crippen LogP contribution in [0.15, 0.2) is 20.0 Å². The molecule has 0 atom stereocenters. The maximum absolute atomic E-state index is 10.6. The van der Waals surface area contributed by atoms with Crippen LogP contribution in [0.4, 0.5) is 0 Å². The minimum absolute atomic E-state index is 0.471. The monoisotopic (exact) mass is 344 g/mol. The number of hydrogen-bond acceptors (Lipinski definition) is 8. The molecule has 132 valence electrons. The van der Waals surface area contributed by atoms with Crippen LogP contribution in [0.5, 0.6) is 0 Å². The lowest BCUT2D eigenvalue weighted by molar-refractivity contribution is 0.172. The first-order valence-corrected chi connectivity index (χ1v) is 8.47. The Hall–Kier alpha value is -2.48. The fourth-order valence-corrected chi connectivity index (χ4v) is 4.06. The van der Waals surface area contributed by atoms with E-state index >= 15 is 0 Å². The minimum atomic E-state index is -0.973. The van der Waals surface area contributed by atoms with Crippen LogP contribution in [0.3, 0.4) is 0 Å². The molecule has 2 rings (SSSR count). The van der Waals surface area contributed by atoms with Crippen molar-refractivity contribution in [3.05, 3.63) is 0 Å². The van der Waals surface area contributed by atoms with E-state index in [0.717, 1.165) is 32.1 Å². The van der Waals surface area contributed by atoms with Crippen LogP contribution < -0.4 is 0 Å². The van der Waals surface area contributed by atoms with E-state index in [4.69, 9.17) is 0 Å². The molecule has 0 aromatic rings. The number of rotatable bonds is 6. The first kappa shape index (κ1) is 18.9. The Balaban J connectivity index is 1.89. The van der Waals surface area contributed by atoms with Gasteiger partial charge in [-0.05, 0) is 69.6 Å². The molecule has 8 heteroatoms. The molecule has 0 unspecified atom stereocenters. The Morgan fingerprint density at radius 1 is 0.600 bits per heavy atom. The predicted molar refractivity (Wildman–Crippen MR) is 86.5 cm³/mol. The highest BCUT2D eigenvalue weighted by atomic mass is 16.1. The molecule has 2 saturated carbocycles. The summed E-state index contributed by atoms with van der Waals surface area (Å²) < 4.78 is 0. The molecule has 2 aliphatic carbocycles. The van der Waals surface area contributed by atoms with E-state index in [9.17, 15) is 19.2 Å². The molecule has 0 radical (unpaired) electrons. The van der Waals surface area contributed by atoms with Crippen molar-refractivity contribution >= 4 is 24.3 Å².